The van der Waals surface area contributed by atoms with Crippen LogP contribution in [0, 0.1) is 11.8 Å². The van der Waals surface area contributed by atoms with Crippen LogP contribution in [0.25, 0.3) is 11.5 Å². The molecule has 6 nitrogen and oxygen atoms in total. The van der Waals surface area contributed by atoms with E-state index in [4.69, 9.17) is 4.42 Å². The van der Waals surface area contributed by atoms with Crippen LogP contribution in [-0.2, 0) is 4.79 Å². The molecule has 7 heteroatoms. The molecule has 30 heavy (non-hydrogen) atoms. The molecule has 1 amide bonds. The largest absolute Gasteiger partial charge is 0.411 e. The lowest BCUT2D eigenvalue weighted by molar-refractivity contribution is -0.121. The molecule has 0 saturated heterocycles. The molecular weight excluding hydrogens is 396 g/mol. The van der Waals surface area contributed by atoms with E-state index < -0.39 is 0 Å². The first-order chi connectivity index (χ1) is 14.4. The molecule has 0 spiro atoms. The number of hydrogen-bond donors (Lipinski definition) is 1. The molecule has 4 atom stereocenters. The van der Waals surface area contributed by atoms with E-state index in [1.54, 1.807) is 0 Å². The second-order valence-corrected chi connectivity index (χ2v) is 9.53. The number of amides is 1. The summed E-state index contributed by atoms with van der Waals surface area (Å²) in [5.41, 5.74) is 2.06. The quantitative estimate of drug-likeness (QED) is 0.594. The van der Waals surface area contributed by atoms with Crippen molar-refractivity contribution in [1.82, 2.24) is 15.5 Å². The fourth-order valence-corrected chi connectivity index (χ4v) is 4.76. The number of nitrogens with zero attached hydrogens (tertiary/aromatic N) is 3. The van der Waals surface area contributed by atoms with Crippen molar-refractivity contribution in [3.8, 4) is 11.5 Å². The Morgan fingerprint density at radius 3 is 2.57 bits per heavy atom. The highest BCUT2D eigenvalue weighted by molar-refractivity contribution is 8.00. The van der Waals surface area contributed by atoms with Crippen molar-refractivity contribution in [3.63, 3.8) is 0 Å². The molecule has 1 aromatic heterocycles. The monoisotopic (exact) mass is 430 g/mol. The first-order valence-electron chi connectivity index (χ1n) is 11.1. The smallest absolute Gasteiger partial charge is 0.277 e. The zero-order valence-corrected chi connectivity index (χ0v) is 19.5. The summed E-state index contributed by atoms with van der Waals surface area (Å²) < 4.78 is 5.82. The number of carbonyl (C=O) groups excluding carboxylic acids is 1. The Labute approximate surface area is 184 Å². The number of aromatic nitrogens is 2. The van der Waals surface area contributed by atoms with Gasteiger partial charge < -0.3 is 14.6 Å². The molecule has 0 radical (unpaired) electrons. The first kappa shape index (κ1) is 22.7. The summed E-state index contributed by atoms with van der Waals surface area (Å²) in [7, 11) is 0. The van der Waals surface area contributed by atoms with Crippen molar-refractivity contribution < 1.29 is 9.21 Å². The Balaban J connectivity index is 1.58. The number of nitrogens with one attached hydrogen (secondary N) is 1. The summed E-state index contributed by atoms with van der Waals surface area (Å²) in [5, 5.41) is 11.7. The van der Waals surface area contributed by atoms with Crippen molar-refractivity contribution in [2.24, 2.45) is 11.8 Å². The number of rotatable bonds is 8. The normalized spacial score (nSPS) is 22.5. The Hall–Kier alpha value is -2.02. The average molecular weight is 431 g/mol. The van der Waals surface area contributed by atoms with Gasteiger partial charge in [0.25, 0.3) is 5.22 Å². The summed E-state index contributed by atoms with van der Waals surface area (Å²) >= 11 is 1.31. The predicted octanol–water partition coefficient (Wildman–Crippen LogP) is 5.00. The average Bonchev–Trinajstić information content (AvgIpc) is 3.21. The van der Waals surface area contributed by atoms with Crippen LogP contribution in [0.4, 0.5) is 5.69 Å². The van der Waals surface area contributed by atoms with Gasteiger partial charge in [-0.2, -0.15) is 0 Å². The number of thioether (sulfide) groups is 1. The summed E-state index contributed by atoms with van der Waals surface area (Å²) in [6.45, 7) is 12.6. The second-order valence-electron chi connectivity index (χ2n) is 8.23. The van der Waals surface area contributed by atoms with Crippen LogP contribution in [0.1, 0.15) is 53.9 Å². The standard InChI is InChI=1S/C23H34N4O2S/c1-6-27(7-2)19-13-11-18(12-14-19)22-25-26-23(29-22)30-17(5)21(28)24-20-10-8-9-15(3)16(20)4/h11-17,20H,6-10H2,1-5H3,(H,24,28). The topological polar surface area (TPSA) is 71.3 Å². The fraction of sp³-hybridized carbons (Fsp3) is 0.609. The van der Waals surface area contributed by atoms with Crippen molar-refractivity contribution in [1.29, 1.82) is 0 Å². The third-order valence-corrected chi connectivity index (χ3v) is 7.26. The van der Waals surface area contributed by atoms with Gasteiger partial charge in [0.2, 0.25) is 11.8 Å². The fourth-order valence-electron chi connectivity index (χ4n) is 4.07. The van der Waals surface area contributed by atoms with Crippen LogP contribution in [-0.4, -0.2) is 40.5 Å². The van der Waals surface area contributed by atoms with Gasteiger partial charge in [0.1, 0.15) is 0 Å². The van der Waals surface area contributed by atoms with E-state index in [9.17, 15) is 4.79 Å². The van der Waals surface area contributed by atoms with Crippen LogP contribution in [0.15, 0.2) is 33.9 Å². The summed E-state index contributed by atoms with van der Waals surface area (Å²) in [6.07, 6.45) is 3.49. The maximum absolute atomic E-state index is 12.7. The highest BCUT2D eigenvalue weighted by Crippen LogP contribution is 2.31. The van der Waals surface area contributed by atoms with E-state index in [0.29, 0.717) is 22.9 Å². The summed E-state index contributed by atoms with van der Waals surface area (Å²) in [4.78, 5) is 15.0. The minimum absolute atomic E-state index is 0.0364. The number of anilines is 1. The first-order valence-corrected chi connectivity index (χ1v) is 12.0. The number of benzene rings is 1. The minimum atomic E-state index is -0.284. The Morgan fingerprint density at radius 2 is 1.90 bits per heavy atom. The molecule has 1 aromatic carbocycles. The van der Waals surface area contributed by atoms with E-state index in [1.165, 1.54) is 30.3 Å². The lowest BCUT2D eigenvalue weighted by Gasteiger charge is -2.35. The van der Waals surface area contributed by atoms with E-state index in [2.05, 4.69) is 60.2 Å². The third kappa shape index (κ3) is 5.36. The van der Waals surface area contributed by atoms with Crippen LogP contribution in [0.5, 0.6) is 0 Å². The molecule has 1 aliphatic carbocycles. The molecule has 0 aliphatic heterocycles. The molecule has 3 rings (SSSR count). The van der Waals surface area contributed by atoms with E-state index in [1.807, 2.05) is 19.1 Å². The van der Waals surface area contributed by atoms with Crippen LogP contribution < -0.4 is 10.2 Å². The lowest BCUT2D eigenvalue weighted by Crippen LogP contribution is -2.46. The molecule has 1 aliphatic rings. The Morgan fingerprint density at radius 1 is 1.20 bits per heavy atom. The van der Waals surface area contributed by atoms with Crippen molar-refractivity contribution >= 4 is 23.4 Å². The van der Waals surface area contributed by atoms with Crippen molar-refractivity contribution in [3.05, 3.63) is 24.3 Å². The maximum Gasteiger partial charge on any atom is 0.277 e. The summed E-state index contributed by atoms with van der Waals surface area (Å²) in [6, 6.07) is 8.39. The van der Waals surface area contributed by atoms with Gasteiger partial charge in [-0.3, -0.25) is 4.79 Å². The van der Waals surface area contributed by atoms with Gasteiger partial charge in [-0.15, -0.1) is 10.2 Å². The maximum atomic E-state index is 12.7. The van der Waals surface area contributed by atoms with E-state index in [-0.39, 0.29) is 17.2 Å². The molecule has 1 fully saturated rings. The van der Waals surface area contributed by atoms with Crippen molar-refractivity contribution in [2.75, 3.05) is 18.0 Å². The molecule has 0 bridgehead atoms. The molecule has 1 heterocycles. The van der Waals surface area contributed by atoms with E-state index >= 15 is 0 Å². The van der Waals surface area contributed by atoms with Crippen molar-refractivity contribution in [2.45, 2.75) is 70.4 Å². The van der Waals surface area contributed by atoms with Gasteiger partial charge >= 0.3 is 0 Å². The van der Waals surface area contributed by atoms with Crippen LogP contribution >= 0.6 is 11.8 Å². The molecule has 2 aromatic rings. The second kappa shape index (κ2) is 10.3. The Bertz CT molecular complexity index is 819. The number of carbonyl (C=O) groups is 1. The zero-order chi connectivity index (χ0) is 21.7. The highest BCUT2D eigenvalue weighted by atomic mass is 32.2. The van der Waals surface area contributed by atoms with Gasteiger partial charge in [-0.1, -0.05) is 38.5 Å². The molecule has 1 saturated carbocycles. The van der Waals surface area contributed by atoms with Crippen LogP contribution in [0.3, 0.4) is 0 Å². The molecule has 1 N–H and O–H groups in total. The van der Waals surface area contributed by atoms with Gasteiger partial charge in [0.05, 0.1) is 5.25 Å². The summed E-state index contributed by atoms with van der Waals surface area (Å²) in [5.74, 6) is 1.67. The lowest BCUT2D eigenvalue weighted by atomic mass is 9.78. The van der Waals surface area contributed by atoms with Gasteiger partial charge in [0, 0.05) is 30.4 Å². The molecule has 164 valence electrons. The third-order valence-electron chi connectivity index (χ3n) is 6.33. The highest BCUT2D eigenvalue weighted by Gasteiger charge is 2.30. The van der Waals surface area contributed by atoms with Crippen LogP contribution in [0.2, 0.25) is 0 Å². The zero-order valence-electron chi connectivity index (χ0n) is 18.7. The van der Waals surface area contributed by atoms with Gasteiger partial charge in [-0.05, 0) is 63.3 Å². The van der Waals surface area contributed by atoms with Gasteiger partial charge in [-0.25, -0.2) is 0 Å². The predicted molar refractivity (Wildman–Crippen MR) is 123 cm³/mol. The molecule has 4 unspecified atom stereocenters. The minimum Gasteiger partial charge on any atom is -0.411 e. The van der Waals surface area contributed by atoms with Gasteiger partial charge in [0.15, 0.2) is 0 Å². The number of hydrogen-bond acceptors (Lipinski definition) is 6. The van der Waals surface area contributed by atoms with E-state index in [0.717, 1.165) is 25.1 Å². The Kier molecular flexibility index (Phi) is 7.81. The molecular formula is C23H34N4O2S. The SMILES string of the molecule is CCN(CC)c1ccc(-c2nnc(SC(C)C(=O)NC3CCCC(C)C3C)o2)cc1.